The molecule has 2 N–H and O–H groups in total. The van der Waals surface area contributed by atoms with Gasteiger partial charge in [0.2, 0.25) is 0 Å². The molecule has 0 saturated heterocycles. The van der Waals surface area contributed by atoms with Crippen LogP contribution in [0.3, 0.4) is 0 Å². The maximum absolute atomic E-state index is 11.8. The Morgan fingerprint density at radius 2 is 2.00 bits per heavy atom. The van der Waals surface area contributed by atoms with E-state index in [0.717, 1.165) is 18.7 Å². The second-order valence-corrected chi connectivity index (χ2v) is 4.74. The molecule has 1 aromatic heterocycles. The minimum Gasteiger partial charge on any atom is -0.505 e. The molecule has 110 valence electrons. The summed E-state index contributed by atoms with van der Waals surface area (Å²) in [6.45, 7) is 1.37. The third-order valence-electron chi connectivity index (χ3n) is 3.15. The van der Waals surface area contributed by atoms with E-state index in [4.69, 9.17) is 0 Å². The molecule has 2 aromatic rings. The number of carbonyl (C=O) groups is 1. The summed E-state index contributed by atoms with van der Waals surface area (Å²) in [7, 11) is 2.02. The van der Waals surface area contributed by atoms with E-state index in [1.54, 1.807) is 6.07 Å². The monoisotopic (exact) mass is 285 g/mol. The second kappa shape index (κ2) is 7.28. The summed E-state index contributed by atoms with van der Waals surface area (Å²) < 4.78 is 0. The molecule has 0 spiro atoms. The zero-order valence-electron chi connectivity index (χ0n) is 12.0. The highest BCUT2D eigenvalue weighted by molar-refractivity contribution is 5.94. The van der Waals surface area contributed by atoms with E-state index in [0.29, 0.717) is 6.54 Å². The molecule has 0 aliphatic carbocycles. The fourth-order valence-corrected chi connectivity index (χ4v) is 1.99. The Kier molecular flexibility index (Phi) is 5.15. The van der Waals surface area contributed by atoms with Gasteiger partial charge in [0.05, 0.1) is 0 Å². The first kappa shape index (κ1) is 14.8. The number of anilines is 1. The van der Waals surface area contributed by atoms with Crippen LogP contribution in [-0.2, 0) is 0 Å². The first-order valence-electron chi connectivity index (χ1n) is 6.87. The number of nitrogens with one attached hydrogen (secondary N) is 1. The van der Waals surface area contributed by atoms with Gasteiger partial charge < -0.3 is 15.3 Å². The minimum atomic E-state index is -0.351. The third kappa shape index (κ3) is 4.21. The Bertz CT molecular complexity index is 587. The van der Waals surface area contributed by atoms with E-state index in [1.807, 2.05) is 37.4 Å². The van der Waals surface area contributed by atoms with Crippen molar-refractivity contribution in [1.82, 2.24) is 10.3 Å². The largest absolute Gasteiger partial charge is 0.505 e. The fraction of sp³-hybridized carbons (Fsp3) is 0.250. The van der Waals surface area contributed by atoms with Crippen molar-refractivity contribution < 1.29 is 9.90 Å². The summed E-state index contributed by atoms with van der Waals surface area (Å²) >= 11 is 0. The number of hydrogen-bond donors (Lipinski definition) is 2. The summed E-state index contributed by atoms with van der Waals surface area (Å²) in [6, 6.07) is 13.1. The van der Waals surface area contributed by atoms with Gasteiger partial charge in [0, 0.05) is 32.0 Å². The minimum absolute atomic E-state index is 0.0638. The number of carbonyl (C=O) groups excluding carboxylic acids is 1. The van der Waals surface area contributed by atoms with E-state index in [9.17, 15) is 9.90 Å². The van der Waals surface area contributed by atoms with Crippen LogP contribution in [0.25, 0.3) is 0 Å². The first-order valence-corrected chi connectivity index (χ1v) is 6.87. The third-order valence-corrected chi connectivity index (χ3v) is 3.15. The molecule has 21 heavy (non-hydrogen) atoms. The Balaban J connectivity index is 1.75. The van der Waals surface area contributed by atoms with Gasteiger partial charge in [-0.05, 0) is 30.7 Å². The number of benzene rings is 1. The van der Waals surface area contributed by atoms with Gasteiger partial charge in [-0.1, -0.05) is 18.2 Å². The van der Waals surface area contributed by atoms with Crippen LogP contribution in [0.15, 0.2) is 48.7 Å². The first-order chi connectivity index (χ1) is 10.2. The summed E-state index contributed by atoms with van der Waals surface area (Å²) in [5.74, 6) is -0.452. The molecule has 0 atom stereocenters. The molecule has 0 radical (unpaired) electrons. The molecule has 1 aromatic carbocycles. The maximum atomic E-state index is 11.8. The van der Waals surface area contributed by atoms with E-state index in [2.05, 4.69) is 15.2 Å². The van der Waals surface area contributed by atoms with E-state index in [-0.39, 0.29) is 17.4 Å². The second-order valence-electron chi connectivity index (χ2n) is 4.74. The highest BCUT2D eigenvalue weighted by atomic mass is 16.3. The topological polar surface area (TPSA) is 65.5 Å². The molecule has 0 fully saturated rings. The van der Waals surface area contributed by atoms with Gasteiger partial charge in [-0.2, -0.15) is 0 Å². The van der Waals surface area contributed by atoms with Crippen LogP contribution in [0, 0.1) is 0 Å². The van der Waals surface area contributed by atoms with Crippen LogP contribution in [0.2, 0.25) is 0 Å². The molecule has 1 amide bonds. The Labute approximate surface area is 124 Å². The Morgan fingerprint density at radius 1 is 1.24 bits per heavy atom. The van der Waals surface area contributed by atoms with Crippen molar-refractivity contribution in [2.45, 2.75) is 6.42 Å². The van der Waals surface area contributed by atoms with Gasteiger partial charge in [0.1, 0.15) is 5.75 Å². The standard InChI is InChI=1S/C16H19N3O2/c1-19(13-7-3-2-4-8-13)12-6-11-18-16(21)15-14(20)9-5-10-17-15/h2-5,7-10,20H,6,11-12H2,1H3,(H,18,21). The lowest BCUT2D eigenvalue weighted by Gasteiger charge is -2.19. The SMILES string of the molecule is CN(CCCNC(=O)c1ncccc1O)c1ccccc1. The lowest BCUT2D eigenvalue weighted by atomic mass is 10.2. The van der Waals surface area contributed by atoms with Crippen molar-refractivity contribution in [1.29, 1.82) is 0 Å². The van der Waals surface area contributed by atoms with Crippen molar-refractivity contribution in [3.8, 4) is 5.75 Å². The predicted octanol–water partition coefficient (Wildman–Crippen LogP) is 2.04. The maximum Gasteiger partial charge on any atom is 0.273 e. The molecule has 5 heteroatoms. The van der Waals surface area contributed by atoms with Crippen LogP contribution < -0.4 is 10.2 Å². The van der Waals surface area contributed by atoms with Crippen molar-refractivity contribution >= 4 is 11.6 Å². The molecule has 2 rings (SSSR count). The number of pyridine rings is 1. The van der Waals surface area contributed by atoms with Crippen LogP contribution in [0.5, 0.6) is 5.75 Å². The number of nitrogens with zero attached hydrogens (tertiary/aromatic N) is 2. The Hall–Kier alpha value is -2.56. The number of amides is 1. The van der Waals surface area contributed by atoms with Gasteiger partial charge in [-0.25, -0.2) is 4.98 Å². The summed E-state index contributed by atoms with van der Waals surface area (Å²) in [4.78, 5) is 17.8. The molecule has 1 heterocycles. The molecular formula is C16H19N3O2. The van der Waals surface area contributed by atoms with Gasteiger partial charge in [0.25, 0.3) is 5.91 Å². The predicted molar refractivity (Wildman–Crippen MR) is 82.6 cm³/mol. The number of rotatable bonds is 6. The van der Waals surface area contributed by atoms with Crippen molar-refractivity contribution in [2.75, 3.05) is 25.0 Å². The molecule has 0 aliphatic rings. The number of hydrogen-bond acceptors (Lipinski definition) is 4. The summed E-state index contributed by atoms with van der Waals surface area (Å²) in [5.41, 5.74) is 1.21. The molecule has 0 bridgehead atoms. The van der Waals surface area contributed by atoms with Gasteiger partial charge in [-0.3, -0.25) is 4.79 Å². The van der Waals surface area contributed by atoms with E-state index < -0.39 is 0 Å². The summed E-state index contributed by atoms with van der Waals surface area (Å²) in [6.07, 6.45) is 2.29. The van der Waals surface area contributed by atoms with Crippen molar-refractivity contribution in [3.05, 3.63) is 54.4 Å². The van der Waals surface area contributed by atoms with Crippen LogP contribution >= 0.6 is 0 Å². The van der Waals surface area contributed by atoms with Crippen molar-refractivity contribution in [2.24, 2.45) is 0 Å². The van der Waals surface area contributed by atoms with Gasteiger partial charge in [-0.15, -0.1) is 0 Å². The highest BCUT2D eigenvalue weighted by Crippen LogP contribution is 2.12. The van der Waals surface area contributed by atoms with E-state index >= 15 is 0 Å². The van der Waals surface area contributed by atoms with Crippen LogP contribution in [0.4, 0.5) is 5.69 Å². The number of aromatic nitrogens is 1. The normalized spacial score (nSPS) is 10.1. The number of aromatic hydroxyl groups is 1. The quantitative estimate of drug-likeness (QED) is 0.797. The van der Waals surface area contributed by atoms with Crippen molar-refractivity contribution in [3.63, 3.8) is 0 Å². The Morgan fingerprint density at radius 3 is 2.71 bits per heavy atom. The molecule has 0 unspecified atom stereocenters. The van der Waals surface area contributed by atoms with Gasteiger partial charge in [0.15, 0.2) is 5.69 Å². The zero-order chi connectivity index (χ0) is 15.1. The lowest BCUT2D eigenvalue weighted by Crippen LogP contribution is -2.28. The van der Waals surface area contributed by atoms with Gasteiger partial charge >= 0.3 is 0 Å². The average molecular weight is 285 g/mol. The lowest BCUT2D eigenvalue weighted by molar-refractivity contribution is 0.0945. The zero-order valence-corrected chi connectivity index (χ0v) is 12.0. The smallest absolute Gasteiger partial charge is 0.273 e. The molecule has 0 saturated carbocycles. The highest BCUT2D eigenvalue weighted by Gasteiger charge is 2.11. The molecule has 0 aliphatic heterocycles. The van der Waals surface area contributed by atoms with Crippen LogP contribution in [-0.4, -0.2) is 36.1 Å². The average Bonchev–Trinajstić information content (AvgIpc) is 2.52. The molecular weight excluding hydrogens is 266 g/mol. The summed E-state index contributed by atoms with van der Waals surface area (Å²) in [5, 5.41) is 12.3. The fourth-order valence-electron chi connectivity index (χ4n) is 1.99. The molecule has 5 nitrogen and oxygen atoms in total. The number of para-hydroxylation sites is 1. The van der Waals surface area contributed by atoms with Crippen LogP contribution in [0.1, 0.15) is 16.9 Å². The van der Waals surface area contributed by atoms with E-state index in [1.165, 1.54) is 12.3 Å².